The van der Waals surface area contributed by atoms with E-state index in [4.69, 9.17) is 0 Å². The third-order valence-corrected chi connectivity index (χ3v) is 9.37. The smallest absolute Gasteiger partial charge is 0.0782 e. The Balaban J connectivity index is 1.47. The minimum Gasteiger partial charge on any atom is -0.336 e. The maximum atomic E-state index is 3.81. The van der Waals surface area contributed by atoms with Gasteiger partial charge in [0, 0.05) is 28.1 Å². The van der Waals surface area contributed by atoms with Crippen molar-refractivity contribution in [2.75, 3.05) is 9.80 Å². The molecule has 0 atom stereocenters. The van der Waals surface area contributed by atoms with Crippen molar-refractivity contribution in [3.8, 4) is 0 Å². The van der Waals surface area contributed by atoms with Crippen LogP contribution in [0.25, 0.3) is 0 Å². The number of hydrogen-bond donors (Lipinski definition) is 0. The van der Waals surface area contributed by atoms with Crippen LogP contribution in [0.2, 0.25) is 0 Å². The predicted molar refractivity (Wildman–Crippen MR) is 173 cm³/mol. The summed E-state index contributed by atoms with van der Waals surface area (Å²) >= 11 is 3.81. The lowest BCUT2D eigenvalue weighted by molar-refractivity contribution is 0.705. The molecule has 0 aliphatic carbocycles. The monoisotopic (exact) mass is 590 g/mol. The molecule has 1 spiro atoms. The molecule has 0 N–H and O–H groups in total. The second-order valence-electron chi connectivity index (χ2n) is 10.7. The van der Waals surface area contributed by atoms with Crippen LogP contribution in [0, 0.1) is 0 Å². The summed E-state index contributed by atoms with van der Waals surface area (Å²) in [4.78, 5) is 4.92. The number of benzene rings is 6. The molecule has 0 saturated carbocycles. The SMILES string of the molecule is Brc1ccccc1CN1c2ccccc2C2(c3ccccc31)c1ccccc1N(c1ccccc1)c1ccccc12. The Kier molecular flexibility index (Phi) is 5.61. The van der Waals surface area contributed by atoms with Crippen LogP contribution < -0.4 is 9.80 Å². The van der Waals surface area contributed by atoms with Gasteiger partial charge >= 0.3 is 0 Å². The molecule has 0 bridgehead atoms. The molecule has 0 radical (unpaired) electrons. The fraction of sp³-hybridized carbons (Fsp3) is 0.0526. The van der Waals surface area contributed by atoms with E-state index in [-0.39, 0.29) is 0 Å². The minimum absolute atomic E-state index is 0.476. The summed E-state index contributed by atoms with van der Waals surface area (Å²) in [5, 5.41) is 0. The van der Waals surface area contributed by atoms with E-state index in [1.165, 1.54) is 50.6 Å². The fourth-order valence-corrected chi connectivity index (χ4v) is 7.39. The molecule has 2 aliphatic heterocycles. The number of halogens is 1. The van der Waals surface area contributed by atoms with Gasteiger partial charge in [0.25, 0.3) is 0 Å². The largest absolute Gasteiger partial charge is 0.336 e. The molecule has 196 valence electrons. The average molecular weight is 592 g/mol. The van der Waals surface area contributed by atoms with Gasteiger partial charge in [-0.15, -0.1) is 0 Å². The van der Waals surface area contributed by atoms with Crippen LogP contribution in [0.1, 0.15) is 27.8 Å². The average Bonchev–Trinajstić information content (AvgIpc) is 3.04. The molecule has 0 aromatic heterocycles. The van der Waals surface area contributed by atoms with Crippen LogP contribution >= 0.6 is 15.9 Å². The topological polar surface area (TPSA) is 6.48 Å². The molecule has 2 heterocycles. The van der Waals surface area contributed by atoms with Gasteiger partial charge in [0.2, 0.25) is 0 Å². The van der Waals surface area contributed by atoms with Crippen molar-refractivity contribution in [1.82, 2.24) is 0 Å². The van der Waals surface area contributed by atoms with Crippen molar-refractivity contribution in [3.05, 3.63) is 184 Å². The first-order chi connectivity index (χ1) is 20.3. The van der Waals surface area contributed by atoms with Crippen LogP contribution in [-0.4, -0.2) is 0 Å². The molecule has 6 aromatic rings. The number of anilines is 5. The molecule has 6 aromatic carbocycles. The van der Waals surface area contributed by atoms with Gasteiger partial charge in [-0.3, -0.25) is 0 Å². The summed E-state index contributed by atoms with van der Waals surface area (Å²) in [7, 11) is 0. The Morgan fingerprint density at radius 2 is 0.854 bits per heavy atom. The zero-order valence-corrected chi connectivity index (χ0v) is 24.0. The van der Waals surface area contributed by atoms with Crippen LogP contribution in [0.5, 0.6) is 0 Å². The standard InChI is InChI=1S/C38H27BrN2/c39-33-21-9-4-14-27(33)26-40-34-22-10-5-17-29(34)38(30-18-6-11-23-35(30)40)31-19-7-12-24-36(31)41(28-15-2-1-3-16-28)37-25-13-8-20-32(37)38/h1-25H,26H2. The minimum atomic E-state index is -0.476. The van der Waals surface area contributed by atoms with Gasteiger partial charge in [0.15, 0.2) is 0 Å². The summed E-state index contributed by atoms with van der Waals surface area (Å²) in [5.41, 5.74) is 12.0. The molecular formula is C38H27BrN2. The first-order valence-corrected chi connectivity index (χ1v) is 14.8. The summed E-state index contributed by atoms with van der Waals surface area (Å²) in [6.07, 6.45) is 0. The molecule has 8 rings (SSSR count). The molecule has 2 aliphatic rings. The normalized spacial score (nSPS) is 14.2. The van der Waals surface area contributed by atoms with Crippen LogP contribution in [-0.2, 0) is 12.0 Å². The highest BCUT2D eigenvalue weighted by Crippen LogP contribution is 2.62. The maximum Gasteiger partial charge on any atom is 0.0782 e. The fourth-order valence-electron chi connectivity index (χ4n) is 6.98. The van der Waals surface area contributed by atoms with E-state index in [9.17, 15) is 0 Å². The van der Waals surface area contributed by atoms with E-state index in [0.717, 1.165) is 16.7 Å². The predicted octanol–water partition coefficient (Wildman–Crippen LogP) is 10.3. The van der Waals surface area contributed by atoms with E-state index in [2.05, 4.69) is 177 Å². The van der Waals surface area contributed by atoms with Gasteiger partial charge in [-0.05, 0) is 70.3 Å². The molecular weight excluding hydrogens is 564 g/mol. The van der Waals surface area contributed by atoms with Crippen LogP contribution in [0.15, 0.2) is 156 Å². The van der Waals surface area contributed by atoms with Gasteiger partial charge in [-0.25, -0.2) is 0 Å². The Hall–Kier alpha value is -4.60. The summed E-state index contributed by atoms with van der Waals surface area (Å²) in [5.74, 6) is 0. The number of para-hydroxylation sites is 5. The van der Waals surface area contributed by atoms with Crippen LogP contribution in [0.3, 0.4) is 0 Å². The maximum absolute atomic E-state index is 3.81. The van der Waals surface area contributed by atoms with E-state index < -0.39 is 5.41 Å². The molecule has 0 unspecified atom stereocenters. The zero-order chi connectivity index (χ0) is 27.4. The summed E-state index contributed by atoms with van der Waals surface area (Å²) in [6.45, 7) is 0.769. The van der Waals surface area contributed by atoms with E-state index in [1.807, 2.05) is 0 Å². The third kappa shape index (κ3) is 3.49. The second kappa shape index (κ2) is 9.50. The van der Waals surface area contributed by atoms with E-state index in [1.54, 1.807) is 0 Å². The number of rotatable bonds is 3. The van der Waals surface area contributed by atoms with Crippen molar-refractivity contribution >= 4 is 44.4 Å². The van der Waals surface area contributed by atoms with Crippen molar-refractivity contribution in [2.24, 2.45) is 0 Å². The van der Waals surface area contributed by atoms with E-state index >= 15 is 0 Å². The highest BCUT2D eigenvalue weighted by atomic mass is 79.9. The second-order valence-corrected chi connectivity index (χ2v) is 11.5. The van der Waals surface area contributed by atoms with Gasteiger partial charge in [0.1, 0.15) is 0 Å². The highest BCUT2D eigenvalue weighted by molar-refractivity contribution is 9.10. The molecule has 41 heavy (non-hydrogen) atoms. The van der Waals surface area contributed by atoms with Crippen molar-refractivity contribution in [2.45, 2.75) is 12.0 Å². The Bertz CT molecular complexity index is 1810. The van der Waals surface area contributed by atoms with Gasteiger partial charge in [-0.1, -0.05) is 125 Å². The molecule has 0 saturated heterocycles. The van der Waals surface area contributed by atoms with Gasteiger partial charge in [0.05, 0.1) is 16.8 Å². The highest BCUT2D eigenvalue weighted by Gasteiger charge is 2.51. The Morgan fingerprint density at radius 1 is 0.439 bits per heavy atom. The van der Waals surface area contributed by atoms with Crippen LogP contribution in [0.4, 0.5) is 28.4 Å². The third-order valence-electron chi connectivity index (χ3n) is 8.60. The van der Waals surface area contributed by atoms with Crippen molar-refractivity contribution < 1.29 is 0 Å². The first-order valence-electron chi connectivity index (χ1n) is 14.0. The van der Waals surface area contributed by atoms with Gasteiger partial charge < -0.3 is 9.80 Å². The van der Waals surface area contributed by atoms with Crippen molar-refractivity contribution in [1.29, 1.82) is 0 Å². The molecule has 0 fully saturated rings. The summed E-state index contributed by atoms with van der Waals surface area (Å²) in [6, 6.07) is 55.2. The number of fused-ring (bicyclic) bond motifs is 8. The molecule has 0 amide bonds. The summed E-state index contributed by atoms with van der Waals surface area (Å²) < 4.78 is 1.13. The van der Waals surface area contributed by atoms with Crippen molar-refractivity contribution in [3.63, 3.8) is 0 Å². The quantitative estimate of drug-likeness (QED) is 0.202. The molecule has 2 nitrogen and oxygen atoms in total. The lowest BCUT2D eigenvalue weighted by Crippen LogP contribution is -2.42. The van der Waals surface area contributed by atoms with Gasteiger partial charge in [-0.2, -0.15) is 0 Å². The lowest BCUT2D eigenvalue weighted by Gasteiger charge is -2.51. The number of hydrogen-bond acceptors (Lipinski definition) is 2. The first kappa shape index (κ1) is 24.2. The zero-order valence-electron chi connectivity index (χ0n) is 22.4. The van der Waals surface area contributed by atoms with E-state index in [0.29, 0.717) is 0 Å². The molecule has 3 heteroatoms. The Morgan fingerprint density at radius 3 is 1.39 bits per heavy atom. The lowest BCUT2D eigenvalue weighted by atomic mass is 9.60. The number of nitrogens with zero attached hydrogens (tertiary/aromatic N) is 2. The Labute approximate surface area is 249 Å².